The van der Waals surface area contributed by atoms with Gasteiger partial charge in [-0.05, 0) is 38.1 Å². The second-order valence-corrected chi connectivity index (χ2v) is 8.28. The largest absolute Gasteiger partial charge is 0.356 e. The third kappa shape index (κ3) is 5.21. The van der Waals surface area contributed by atoms with Crippen LogP contribution < -0.4 is 10.6 Å². The highest BCUT2D eigenvalue weighted by Crippen LogP contribution is 2.26. The number of hydrogen-bond donors (Lipinski definition) is 2. The molecule has 1 aliphatic rings. The molecule has 130 valence electrons. The van der Waals surface area contributed by atoms with Crippen molar-refractivity contribution in [1.82, 2.24) is 15.5 Å². The van der Waals surface area contributed by atoms with Crippen LogP contribution in [0, 0.1) is 0 Å². The van der Waals surface area contributed by atoms with Gasteiger partial charge in [-0.25, -0.2) is 0 Å². The number of nitrogens with zero attached hydrogens (tertiary/aromatic N) is 2. The SMILES string of the molecule is CN=C(NCC(C)(C)c1cccs1)NC1CCN(C(C)C)CC1. The first-order valence-corrected chi connectivity index (χ1v) is 9.55. The Hall–Kier alpha value is -1.07. The van der Waals surface area contributed by atoms with E-state index in [2.05, 4.69) is 65.7 Å². The Morgan fingerprint density at radius 1 is 1.39 bits per heavy atom. The van der Waals surface area contributed by atoms with Crippen molar-refractivity contribution < 1.29 is 0 Å². The van der Waals surface area contributed by atoms with E-state index in [1.54, 1.807) is 0 Å². The summed E-state index contributed by atoms with van der Waals surface area (Å²) in [5.74, 6) is 0.928. The number of likely N-dealkylation sites (tertiary alicyclic amines) is 1. The van der Waals surface area contributed by atoms with E-state index in [0.717, 1.165) is 12.5 Å². The van der Waals surface area contributed by atoms with Crippen molar-refractivity contribution in [2.24, 2.45) is 4.99 Å². The van der Waals surface area contributed by atoms with E-state index >= 15 is 0 Å². The molecule has 5 heteroatoms. The van der Waals surface area contributed by atoms with Crippen LogP contribution in [0.2, 0.25) is 0 Å². The number of aliphatic imine (C=N–C) groups is 1. The second kappa shape index (κ2) is 8.15. The Balaban J connectivity index is 1.80. The van der Waals surface area contributed by atoms with Crippen LogP contribution in [-0.4, -0.2) is 49.6 Å². The van der Waals surface area contributed by atoms with Gasteiger partial charge >= 0.3 is 0 Å². The Bertz CT molecular complexity index is 485. The van der Waals surface area contributed by atoms with Crippen LogP contribution >= 0.6 is 11.3 Å². The van der Waals surface area contributed by atoms with Gasteiger partial charge in [-0.1, -0.05) is 19.9 Å². The maximum absolute atomic E-state index is 4.40. The number of hydrogen-bond acceptors (Lipinski definition) is 3. The molecule has 0 atom stereocenters. The molecule has 0 aromatic carbocycles. The minimum absolute atomic E-state index is 0.118. The van der Waals surface area contributed by atoms with Gasteiger partial charge < -0.3 is 15.5 Å². The summed E-state index contributed by atoms with van der Waals surface area (Å²) in [5.41, 5.74) is 0.118. The van der Waals surface area contributed by atoms with E-state index in [1.807, 2.05) is 18.4 Å². The molecule has 4 nitrogen and oxygen atoms in total. The van der Waals surface area contributed by atoms with Gasteiger partial charge in [0.2, 0.25) is 0 Å². The summed E-state index contributed by atoms with van der Waals surface area (Å²) in [5, 5.41) is 9.26. The molecule has 2 N–H and O–H groups in total. The lowest BCUT2D eigenvalue weighted by molar-refractivity contribution is 0.167. The number of piperidine rings is 1. The summed E-state index contributed by atoms with van der Waals surface area (Å²) in [4.78, 5) is 8.36. The molecule has 2 heterocycles. The van der Waals surface area contributed by atoms with Gasteiger partial charge in [0.15, 0.2) is 5.96 Å². The topological polar surface area (TPSA) is 39.7 Å². The Labute approximate surface area is 145 Å². The molecule has 0 bridgehead atoms. The second-order valence-electron chi connectivity index (χ2n) is 7.34. The zero-order chi connectivity index (χ0) is 16.9. The Kier molecular flexibility index (Phi) is 6.48. The summed E-state index contributed by atoms with van der Waals surface area (Å²) in [6, 6.07) is 5.52. The van der Waals surface area contributed by atoms with E-state index in [9.17, 15) is 0 Å². The van der Waals surface area contributed by atoms with Gasteiger partial charge in [-0.3, -0.25) is 4.99 Å². The minimum Gasteiger partial charge on any atom is -0.356 e. The smallest absolute Gasteiger partial charge is 0.191 e. The first-order valence-electron chi connectivity index (χ1n) is 8.67. The molecule has 0 saturated carbocycles. The number of guanidine groups is 1. The predicted octanol–water partition coefficient (Wildman–Crippen LogP) is 3.06. The summed E-state index contributed by atoms with van der Waals surface area (Å²) in [6.45, 7) is 12.3. The van der Waals surface area contributed by atoms with Crippen molar-refractivity contribution in [3.8, 4) is 0 Å². The van der Waals surface area contributed by atoms with E-state index in [4.69, 9.17) is 0 Å². The van der Waals surface area contributed by atoms with Gasteiger partial charge in [-0.2, -0.15) is 0 Å². The lowest BCUT2D eigenvalue weighted by Crippen LogP contribution is -2.51. The van der Waals surface area contributed by atoms with Gasteiger partial charge in [0.1, 0.15) is 0 Å². The van der Waals surface area contributed by atoms with Crippen molar-refractivity contribution in [1.29, 1.82) is 0 Å². The quantitative estimate of drug-likeness (QED) is 0.641. The lowest BCUT2D eigenvalue weighted by Gasteiger charge is -2.35. The molecule has 0 radical (unpaired) electrons. The van der Waals surface area contributed by atoms with E-state index in [0.29, 0.717) is 12.1 Å². The molecular weight excluding hydrogens is 304 g/mol. The molecule has 1 saturated heterocycles. The standard InChI is InChI=1S/C18H32N4S/c1-14(2)22-10-8-15(9-11-22)21-17(19-5)20-13-18(3,4)16-7-6-12-23-16/h6-7,12,14-15H,8-11,13H2,1-5H3,(H2,19,20,21). The molecule has 0 aliphatic carbocycles. The first-order chi connectivity index (χ1) is 10.9. The lowest BCUT2D eigenvalue weighted by atomic mass is 9.91. The van der Waals surface area contributed by atoms with Crippen LogP contribution in [0.5, 0.6) is 0 Å². The molecule has 2 rings (SSSR count). The summed E-state index contributed by atoms with van der Waals surface area (Å²) in [7, 11) is 1.86. The number of rotatable bonds is 5. The zero-order valence-corrected chi connectivity index (χ0v) is 16.0. The van der Waals surface area contributed by atoms with Crippen LogP contribution in [0.4, 0.5) is 0 Å². The fraction of sp³-hybridized carbons (Fsp3) is 0.722. The molecule has 23 heavy (non-hydrogen) atoms. The van der Waals surface area contributed by atoms with E-state index in [-0.39, 0.29) is 5.41 Å². The van der Waals surface area contributed by atoms with Crippen LogP contribution in [0.25, 0.3) is 0 Å². The van der Waals surface area contributed by atoms with Crippen LogP contribution in [0.3, 0.4) is 0 Å². The summed E-state index contributed by atoms with van der Waals surface area (Å²) >= 11 is 1.82. The summed E-state index contributed by atoms with van der Waals surface area (Å²) in [6.07, 6.45) is 2.38. The summed E-state index contributed by atoms with van der Waals surface area (Å²) < 4.78 is 0. The number of nitrogens with one attached hydrogen (secondary N) is 2. The van der Waals surface area contributed by atoms with Gasteiger partial charge in [-0.15, -0.1) is 11.3 Å². The van der Waals surface area contributed by atoms with Crippen molar-refractivity contribution >= 4 is 17.3 Å². The van der Waals surface area contributed by atoms with E-state index in [1.165, 1.54) is 30.8 Å². The minimum atomic E-state index is 0.118. The average Bonchev–Trinajstić information content (AvgIpc) is 3.07. The Morgan fingerprint density at radius 2 is 2.09 bits per heavy atom. The molecule has 1 aromatic heterocycles. The first kappa shape index (κ1) is 18.3. The predicted molar refractivity (Wildman–Crippen MR) is 102 cm³/mol. The highest BCUT2D eigenvalue weighted by Gasteiger charge is 2.24. The van der Waals surface area contributed by atoms with E-state index < -0.39 is 0 Å². The molecule has 1 aromatic rings. The highest BCUT2D eigenvalue weighted by molar-refractivity contribution is 7.10. The third-order valence-electron chi connectivity index (χ3n) is 4.71. The van der Waals surface area contributed by atoms with Crippen LogP contribution in [0.15, 0.2) is 22.5 Å². The Morgan fingerprint density at radius 3 is 2.61 bits per heavy atom. The molecular formula is C18H32N4S. The maximum Gasteiger partial charge on any atom is 0.191 e. The van der Waals surface area contributed by atoms with Crippen LogP contribution in [0.1, 0.15) is 45.4 Å². The fourth-order valence-electron chi connectivity index (χ4n) is 3.00. The van der Waals surface area contributed by atoms with Gasteiger partial charge in [0.05, 0.1) is 0 Å². The van der Waals surface area contributed by atoms with Crippen molar-refractivity contribution in [3.05, 3.63) is 22.4 Å². The highest BCUT2D eigenvalue weighted by atomic mass is 32.1. The maximum atomic E-state index is 4.40. The van der Waals surface area contributed by atoms with Gasteiger partial charge in [0.25, 0.3) is 0 Å². The van der Waals surface area contributed by atoms with Gasteiger partial charge in [0, 0.05) is 49.1 Å². The molecule has 0 amide bonds. The van der Waals surface area contributed by atoms with Crippen molar-refractivity contribution in [3.63, 3.8) is 0 Å². The zero-order valence-electron chi connectivity index (χ0n) is 15.2. The van der Waals surface area contributed by atoms with Crippen molar-refractivity contribution in [2.45, 2.75) is 58.0 Å². The number of thiophene rings is 1. The molecule has 0 unspecified atom stereocenters. The van der Waals surface area contributed by atoms with Crippen molar-refractivity contribution in [2.75, 3.05) is 26.7 Å². The molecule has 1 aliphatic heterocycles. The molecule has 1 fully saturated rings. The normalized spacial score (nSPS) is 18.4. The monoisotopic (exact) mass is 336 g/mol. The molecule has 0 spiro atoms. The van der Waals surface area contributed by atoms with Crippen LogP contribution in [-0.2, 0) is 5.41 Å². The third-order valence-corrected chi connectivity index (χ3v) is 5.95. The average molecular weight is 337 g/mol. The fourth-order valence-corrected chi connectivity index (χ4v) is 3.86.